The van der Waals surface area contributed by atoms with Gasteiger partial charge in [-0.05, 0) is 98.2 Å². The number of methoxy groups -OCH3 is 1. The van der Waals surface area contributed by atoms with Crippen molar-refractivity contribution >= 4 is 44.4 Å². The van der Waals surface area contributed by atoms with Crippen molar-refractivity contribution in [3.63, 3.8) is 0 Å². The van der Waals surface area contributed by atoms with Crippen molar-refractivity contribution in [1.82, 2.24) is 28.9 Å². The first kappa shape index (κ1) is 35.6. The maximum absolute atomic E-state index is 14.3. The van der Waals surface area contributed by atoms with Crippen LogP contribution >= 0.6 is 0 Å². The average molecular weight is 739 g/mol. The monoisotopic (exact) mass is 738 g/mol. The van der Waals surface area contributed by atoms with Gasteiger partial charge in [0.25, 0.3) is 11.8 Å². The zero-order chi connectivity index (χ0) is 37.0. The Morgan fingerprint density at radius 2 is 1.77 bits per heavy atom. The quantitative estimate of drug-likeness (QED) is 0.221. The maximum Gasteiger partial charge on any atom is 0.264 e. The Balaban J connectivity index is 1.29. The van der Waals surface area contributed by atoms with Crippen molar-refractivity contribution < 1.29 is 22.7 Å². The number of hydrogen-bond donors (Lipinski definition) is 1. The van der Waals surface area contributed by atoms with Gasteiger partial charge < -0.3 is 14.2 Å². The van der Waals surface area contributed by atoms with Gasteiger partial charge in [-0.1, -0.05) is 38.7 Å². The topological polar surface area (TPSA) is 119 Å². The number of carbonyl (C=O) groups excluding carboxylic acids is 2. The summed E-state index contributed by atoms with van der Waals surface area (Å²) in [6.07, 6.45) is 11.5. The number of allylic oxidation sites excluding steroid dienone is 1. The van der Waals surface area contributed by atoms with Crippen LogP contribution in [0.25, 0.3) is 33.8 Å². The molecular weight excluding hydrogens is 689 g/mol. The summed E-state index contributed by atoms with van der Waals surface area (Å²) in [7, 11) is -0.202. The van der Waals surface area contributed by atoms with Crippen LogP contribution in [0.5, 0.6) is 5.75 Å². The number of nitrogens with one attached hydrogen (secondary N) is 1. The molecule has 1 saturated heterocycles. The third-order valence-corrected chi connectivity index (χ3v) is 14.0. The summed E-state index contributed by atoms with van der Waals surface area (Å²) in [4.78, 5) is 32.3. The van der Waals surface area contributed by atoms with Crippen molar-refractivity contribution in [1.29, 1.82) is 0 Å². The summed E-state index contributed by atoms with van der Waals surface area (Å²) in [6.45, 7) is 7.83. The van der Waals surface area contributed by atoms with E-state index in [2.05, 4.69) is 51.3 Å². The van der Waals surface area contributed by atoms with Crippen LogP contribution < -0.4 is 9.46 Å². The van der Waals surface area contributed by atoms with E-state index in [0.29, 0.717) is 49.5 Å². The van der Waals surface area contributed by atoms with Gasteiger partial charge >= 0.3 is 0 Å². The fourth-order valence-electron chi connectivity index (χ4n) is 9.07. The van der Waals surface area contributed by atoms with Gasteiger partial charge in [-0.2, -0.15) is 5.10 Å². The van der Waals surface area contributed by atoms with Crippen molar-refractivity contribution in [3.8, 4) is 17.0 Å². The lowest BCUT2D eigenvalue weighted by Gasteiger charge is -2.39. The van der Waals surface area contributed by atoms with Crippen LogP contribution in [-0.2, 0) is 23.6 Å². The van der Waals surface area contributed by atoms with Gasteiger partial charge in [0, 0.05) is 54.8 Å². The molecule has 0 radical (unpaired) electrons. The van der Waals surface area contributed by atoms with Gasteiger partial charge in [-0.25, -0.2) is 13.1 Å². The van der Waals surface area contributed by atoms with E-state index in [4.69, 9.17) is 4.74 Å². The number of likely N-dealkylation sites (N-methyl/N-ethyl adjacent to an activating group) is 1. The number of rotatable bonds is 8. The summed E-state index contributed by atoms with van der Waals surface area (Å²) >= 11 is 0. The average Bonchev–Trinajstić information content (AvgIpc) is 3.61. The third-order valence-electron chi connectivity index (χ3n) is 12.2. The largest absolute Gasteiger partial charge is 0.497 e. The minimum atomic E-state index is -3.76. The smallest absolute Gasteiger partial charge is 0.264 e. The highest BCUT2D eigenvalue weighted by molar-refractivity contribution is 7.90. The van der Waals surface area contributed by atoms with Gasteiger partial charge in [-0.15, -0.1) is 0 Å². The van der Waals surface area contributed by atoms with Crippen LogP contribution in [0, 0.1) is 0 Å². The number of nitrogens with zero attached hydrogens (tertiary/aromatic N) is 5. The molecule has 4 aliphatic rings. The van der Waals surface area contributed by atoms with Crippen molar-refractivity contribution in [3.05, 3.63) is 70.5 Å². The van der Waals surface area contributed by atoms with E-state index in [0.717, 1.165) is 89.9 Å². The number of fused-ring (bicyclic) bond motifs is 5. The molecule has 4 aromatic rings. The van der Waals surface area contributed by atoms with Crippen LogP contribution in [0.4, 0.5) is 0 Å². The van der Waals surface area contributed by atoms with Gasteiger partial charge in [-0.3, -0.25) is 19.2 Å². The lowest BCUT2D eigenvalue weighted by Crippen LogP contribution is -2.53. The molecular formula is C41H50N6O5S. The Kier molecular flexibility index (Phi) is 9.47. The molecule has 2 amide bonds. The van der Waals surface area contributed by atoms with E-state index in [1.54, 1.807) is 24.1 Å². The Morgan fingerprint density at radius 1 is 0.981 bits per heavy atom. The molecule has 1 unspecified atom stereocenters. The molecule has 2 saturated carbocycles. The van der Waals surface area contributed by atoms with Gasteiger partial charge in [0.1, 0.15) is 5.75 Å². The Labute approximate surface area is 312 Å². The van der Waals surface area contributed by atoms with E-state index < -0.39 is 21.2 Å². The predicted octanol–water partition coefficient (Wildman–Crippen LogP) is 6.43. The molecule has 53 heavy (non-hydrogen) atoms. The van der Waals surface area contributed by atoms with Gasteiger partial charge in [0.2, 0.25) is 10.0 Å². The van der Waals surface area contributed by atoms with Crippen molar-refractivity contribution in [2.45, 2.75) is 89.0 Å². The van der Waals surface area contributed by atoms with Gasteiger partial charge in [0.05, 0.1) is 42.1 Å². The minimum Gasteiger partial charge on any atom is -0.497 e. The molecule has 4 heterocycles. The summed E-state index contributed by atoms with van der Waals surface area (Å²) in [5.74, 6) is 0.424. The second-order valence-electron chi connectivity index (χ2n) is 15.3. The number of sulfonamides is 1. The number of aromatic nitrogens is 3. The summed E-state index contributed by atoms with van der Waals surface area (Å²) in [5, 5.41) is 5.19. The zero-order valence-corrected chi connectivity index (χ0v) is 32.0. The highest BCUT2D eigenvalue weighted by atomic mass is 32.2. The van der Waals surface area contributed by atoms with E-state index in [1.807, 2.05) is 30.1 Å². The fraction of sp³-hybridized carbons (Fsp3) is 0.488. The van der Waals surface area contributed by atoms with E-state index in [9.17, 15) is 18.0 Å². The standard InChI is InChI=1S/C41H50N6O5S/c1-5-45-18-19-46(24-26(45)2)41(49)35-23-42-44(3)38(35)30-20-29-21-31(52-4)15-17-33(29)39-37(27-10-7-6-8-11-27)34-16-14-28(22-36(34)47(39)25-30)40(48)43-53(50,51)32-12-9-13-32/h14-17,20-23,26-27,32H,5-13,18-19,24-25H2,1-4H3,(H,43,48). The first-order valence-electron chi connectivity index (χ1n) is 19.2. The SMILES string of the molecule is CCN1CCN(C(=O)c2cnn(C)c2C2=Cc3cc(OC)ccc3-c3c(C4CCCCC4)c4ccc(C(=O)NS(=O)(=O)C5CCC5)cc4n3C2)CC1C. The van der Waals surface area contributed by atoms with Crippen molar-refractivity contribution in [2.24, 2.45) is 7.05 Å². The minimum absolute atomic E-state index is 0.0289. The lowest BCUT2D eigenvalue weighted by atomic mass is 9.81. The van der Waals surface area contributed by atoms with Crippen molar-refractivity contribution in [2.75, 3.05) is 33.3 Å². The molecule has 280 valence electrons. The molecule has 11 nitrogen and oxygen atoms in total. The van der Waals surface area contributed by atoms with Crippen LogP contribution in [0.15, 0.2) is 42.6 Å². The molecule has 0 spiro atoms. The molecule has 1 N–H and O–H groups in total. The van der Waals surface area contributed by atoms with E-state index >= 15 is 0 Å². The number of aryl methyl sites for hydroxylation is 1. The summed E-state index contributed by atoms with van der Waals surface area (Å²) in [5.41, 5.74) is 7.78. The summed E-state index contributed by atoms with van der Waals surface area (Å²) in [6, 6.07) is 12.1. The van der Waals surface area contributed by atoms with Crippen LogP contribution in [0.2, 0.25) is 0 Å². The number of hydrogen-bond acceptors (Lipinski definition) is 7. The number of benzene rings is 2. The molecule has 2 aromatic heterocycles. The Hall–Kier alpha value is -4.42. The second-order valence-corrected chi connectivity index (χ2v) is 17.3. The fourth-order valence-corrected chi connectivity index (χ4v) is 10.6. The molecule has 12 heteroatoms. The molecule has 0 bridgehead atoms. The normalized spacial score (nSPS) is 20.0. The molecule has 2 aliphatic heterocycles. The highest BCUT2D eigenvalue weighted by Crippen LogP contribution is 2.48. The second kappa shape index (κ2) is 14.1. The first-order valence-corrected chi connectivity index (χ1v) is 20.8. The number of ether oxygens (including phenoxy) is 1. The lowest BCUT2D eigenvalue weighted by molar-refractivity contribution is 0.0528. The summed E-state index contributed by atoms with van der Waals surface area (Å²) < 4.78 is 38.2. The first-order chi connectivity index (χ1) is 25.6. The molecule has 3 fully saturated rings. The zero-order valence-electron chi connectivity index (χ0n) is 31.2. The van der Waals surface area contributed by atoms with E-state index in [-0.39, 0.29) is 11.9 Å². The number of amides is 2. The van der Waals surface area contributed by atoms with Gasteiger partial charge in [0.15, 0.2) is 0 Å². The van der Waals surface area contributed by atoms with Crippen LogP contribution in [0.3, 0.4) is 0 Å². The molecule has 8 rings (SSSR count). The highest BCUT2D eigenvalue weighted by Gasteiger charge is 2.35. The predicted molar refractivity (Wildman–Crippen MR) is 207 cm³/mol. The Morgan fingerprint density at radius 3 is 2.47 bits per heavy atom. The molecule has 1 atom stereocenters. The Bertz CT molecular complexity index is 2230. The number of piperazine rings is 1. The third kappa shape index (κ3) is 6.37. The number of carbonyl (C=O) groups is 2. The maximum atomic E-state index is 14.3. The van der Waals surface area contributed by atoms with Crippen LogP contribution in [0.1, 0.15) is 109 Å². The van der Waals surface area contributed by atoms with Crippen LogP contribution in [-0.4, -0.2) is 89.0 Å². The van der Waals surface area contributed by atoms with E-state index in [1.165, 1.54) is 12.0 Å². The molecule has 2 aromatic carbocycles. The molecule has 2 aliphatic carbocycles.